The summed E-state index contributed by atoms with van der Waals surface area (Å²) in [4.78, 5) is 0. The summed E-state index contributed by atoms with van der Waals surface area (Å²) in [5.41, 5.74) is 0. The smallest absolute Gasteiger partial charge is 0.377 e. The lowest BCUT2D eigenvalue weighted by molar-refractivity contribution is 0.123. The minimum absolute atomic E-state index is 0.686. The second-order valence-electron chi connectivity index (χ2n) is 4.33. The first kappa shape index (κ1) is 14.1. The monoisotopic (exact) mass is 247 g/mol. The molecule has 5 heteroatoms. The Kier molecular flexibility index (Phi) is 6.53. The van der Waals surface area contributed by atoms with E-state index in [1.54, 1.807) is 21.3 Å². The number of hydrogen-bond donors (Lipinski definition) is 1. The molecule has 0 spiro atoms. The van der Waals surface area contributed by atoms with Crippen LogP contribution in [0, 0.1) is 0 Å². The van der Waals surface area contributed by atoms with E-state index in [2.05, 4.69) is 5.32 Å². The minimum atomic E-state index is -2.36. The number of nitrogens with one attached hydrogen (secondary N) is 1. The third-order valence-electron chi connectivity index (χ3n) is 3.40. The van der Waals surface area contributed by atoms with Crippen molar-refractivity contribution in [2.24, 2.45) is 0 Å². The molecule has 1 fully saturated rings. The maximum absolute atomic E-state index is 5.38. The van der Waals surface area contributed by atoms with Gasteiger partial charge in [0, 0.05) is 33.4 Å². The zero-order chi connectivity index (χ0) is 11.9. The molecule has 1 aliphatic rings. The summed E-state index contributed by atoms with van der Waals surface area (Å²) in [6.07, 6.45) is 6.73. The molecule has 0 unspecified atom stereocenters. The quantitative estimate of drug-likeness (QED) is 0.696. The van der Waals surface area contributed by atoms with Crippen molar-refractivity contribution in [2.45, 2.75) is 44.2 Å². The average molecular weight is 247 g/mol. The molecule has 0 saturated heterocycles. The predicted octanol–water partition coefficient (Wildman–Crippen LogP) is 1.79. The van der Waals surface area contributed by atoms with E-state index < -0.39 is 8.80 Å². The Morgan fingerprint density at radius 2 is 1.56 bits per heavy atom. The zero-order valence-electron chi connectivity index (χ0n) is 10.8. The van der Waals surface area contributed by atoms with Gasteiger partial charge in [0.15, 0.2) is 0 Å². The van der Waals surface area contributed by atoms with Gasteiger partial charge in [-0.25, -0.2) is 0 Å². The van der Waals surface area contributed by atoms with Gasteiger partial charge in [0.2, 0.25) is 0 Å². The van der Waals surface area contributed by atoms with Crippen molar-refractivity contribution in [1.82, 2.24) is 5.32 Å². The van der Waals surface area contributed by atoms with E-state index >= 15 is 0 Å². The van der Waals surface area contributed by atoms with E-state index in [9.17, 15) is 0 Å². The van der Waals surface area contributed by atoms with E-state index in [-0.39, 0.29) is 0 Å². The molecule has 0 aromatic heterocycles. The van der Waals surface area contributed by atoms with Crippen LogP contribution < -0.4 is 5.32 Å². The van der Waals surface area contributed by atoms with Crippen molar-refractivity contribution in [2.75, 3.05) is 27.9 Å². The molecule has 1 rings (SSSR count). The third-order valence-corrected chi connectivity index (χ3v) is 6.13. The number of rotatable bonds is 7. The molecule has 0 radical (unpaired) electrons. The van der Waals surface area contributed by atoms with Crippen LogP contribution in [0.3, 0.4) is 0 Å². The molecular weight excluding hydrogens is 222 g/mol. The molecule has 96 valence electrons. The first-order chi connectivity index (χ1) is 7.76. The Labute approximate surface area is 100 Å². The van der Waals surface area contributed by atoms with Gasteiger partial charge in [-0.3, -0.25) is 0 Å². The molecule has 0 atom stereocenters. The van der Waals surface area contributed by atoms with Crippen molar-refractivity contribution in [3.63, 3.8) is 0 Å². The highest BCUT2D eigenvalue weighted by Gasteiger charge is 2.37. The highest BCUT2D eigenvalue weighted by atomic mass is 28.4. The van der Waals surface area contributed by atoms with Crippen molar-refractivity contribution in [1.29, 1.82) is 0 Å². The van der Waals surface area contributed by atoms with Crippen LogP contribution in [-0.4, -0.2) is 42.7 Å². The lowest BCUT2D eigenvalue weighted by Crippen LogP contribution is -2.46. The Bertz CT molecular complexity index is 174. The molecule has 0 bridgehead atoms. The third kappa shape index (κ3) is 4.14. The fraction of sp³-hybridized carbons (Fsp3) is 1.00. The lowest BCUT2D eigenvalue weighted by atomic mass is 9.96. The molecular formula is C11H25NO3Si. The molecule has 0 aromatic rings. The molecule has 16 heavy (non-hydrogen) atoms. The van der Waals surface area contributed by atoms with Crippen LogP contribution in [-0.2, 0) is 13.3 Å². The van der Waals surface area contributed by atoms with Crippen LogP contribution in [0.5, 0.6) is 0 Å². The van der Waals surface area contributed by atoms with Crippen LogP contribution in [0.15, 0.2) is 0 Å². The van der Waals surface area contributed by atoms with Gasteiger partial charge in [0.25, 0.3) is 0 Å². The lowest BCUT2D eigenvalue weighted by Gasteiger charge is -2.27. The average Bonchev–Trinajstić information content (AvgIpc) is 2.37. The molecule has 1 N–H and O–H groups in total. The van der Waals surface area contributed by atoms with Gasteiger partial charge in [-0.15, -0.1) is 0 Å². The van der Waals surface area contributed by atoms with Crippen molar-refractivity contribution >= 4 is 8.80 Å². The van der Waals surface area contributed by atoms with E-state index in [1.165, 1.54) is 32.1 Å². The molecule has 0 aromatic carbocycles. The standard InChI is InChI=1S/C11H25NO3Si/c1-13-16(14-2,15-3)10-9-12-11-7-5-4-6-8-11/h11-12H,4-10H2,1-3H3. The maximum atomic E-state index is 5.38. The predicted molar refractivity (Wildman–Crippen MR) is 66.5 cm³/mol. The van der Waals surface area contributed by atoms with Crippen molar-refractivity contribution in [3.8, 4) is 0 Å². The SMILES string of the molecule is CO[Si](CCNC1CCCCC1)(OC)OC. The van der Waals surface area contributed by atoms with Gasteiger partial charge in [-0.2, -0.15) is 0 Å². The second kappa shape index (κ2) is 7.40. The Hall–Kier alpha value is 0.0569. The normalized spacial score (nSPS) is 18.9. The molecule has 1 saturated carbocycles. The van der Waals surface area contributed by atoms with Crippen molar-refractivity contribution in [3.05, 3.63) is 0 Å². The molecule has 1 aliphatic carbocycles. The van der Waals surface area contributed by atoms with Crippen molar-refractivity contribution < 1.29 is 13.3 Å². The van der Waals surface area contributed by atoms with E-state index in [0.29, 0.717) is 6.04 Å². The zero-order valence-corrected chi connectivity index (χ0v) is 11.8. The molecule has 0 heterocycles. The summed E-state index contributed by atoms with van der Waals surface area (Å²) in [6, 6.07) is 1.53. The molecule has 0 aliphatic heterocycles. The summed E-state index contributed by atoms with van der Waals surface area (Å²) in [5.74, 6) is 0. The Balaban J connectivity index is 2.21. The van der Waals surface area contributed by atoms with Crippen LogP contribution in [0.25, 0.3) is 0 Å². The fourth-order valence-corrected chi connectivity index (χ4v) is 3.86. The largest absolute Gasteiger partial charge is 0.501 e. The maximum Gasteiger partial charge on any atom is 0.501 e. The molecule has 0 amide bonds. The van der Waals surface area contributed by atoms with E-state index in [1.807, 2.05) is 0 Å². The summed E-state index contributed by atoms with van der Waals surface area (Å²) >= 11 is 0. The van der Waals surface area contributed by atoms with Crippen LogP contribution in [0.1, 0.15) is 32.1 Å². The second-order valence-corrected chi connectivity index (χ2v) is 7.43. The van der Waals surface area contributed by atoms with Gasteiger partial charge < -0.3 is 18.6 Å². The van der Waals surface area contributed by atoms with Gasteiger partial charge in [0.1, 0.15) is 0 Å². The summed E-state index contributed by atoms with van der Waals surface area (Å²) in [7, 11) is 2.64. The number of hydrogen-bond acceptors (Lipinski definition) is 4. The van der Waals surface area contributed by atoms with Gasteiger partial charge in [-0.05, 0) is 19.4 Å². The summed E-state index contributed by atoms with van der Waals surface area (Å²) < 4.78 is 16.1. The van der Waals surface area contributed by atoms with Crippen LogP contribution >= 0.6 is 0 Å². The van der Waals surface area contributed by atoms with Crippen LogP contribution in [0.2, 0.25) is 6.04 Å². The highest BCUT2D eigenvalue weighted by Crippen LogP contribution is 2.18. The Morgan fingerprint density at radius 3 is 2.06 bits per heavy atom. The van der Waals surface area contributed by atoms with E-state index in [0.717, 1.165) is 12.6 Å². The fourth-order valence-electron chi connectivity index (χ4n) is 2.29. The first-order valence-corrected chi connectivity index (χ1v) is 8.08. The molecule has 4 nitrogen and oxygen atoms in total. The highest BCUT2D eigenvalue weighted by molar-refractivity contribution is 6.60. The van der Waals surface area contributed by atoms with Gasteiger partial charge in [-0.1, -0.05) is 19.3 Å². The van der Waals surface area contributed by atoms with Crippen LogP contribution in [0.4, 0.5) is 0 Å². The topological polar surface area (TPSA) is 39.7 Å². The first-order valence-electron chi connectivity index (χ1n) is 6.15. The van der Waals surface area contributed by atoms with Gasteiger partial charge in [0.05, 0.1) is 0 Å². The van der Waals surface area contributed by atoms with E-state index in [4.69, 9.17) is 13.3 Å². The van der Waals surface area contributed by atoms with Gasteiger partial charge >= 0.3 is 8.80 Å². The summed E-state index contributed by atoms with van der Waals surface area (Å²) in [5, 5.41) is 3.57. The minimum Gasteiger partial charge on any atom is -0.377 e. The summed E-state index contributed by atoms with van der Waals surface area (Å²) in [6.45, 7) is 0.923. The Morgan fingerprint density at radius 1 is 1.00 bits per heavy atom.